The first kappa shape index (κ1) is 25.1. The Labute approximate surface area is 195 Å². The van der Waals surface area contributed by atoms with Crippen molar-refractivity contribution >= 4 is 15.7 Å². The first-order chi connectivity index (χ1) is 15.7. The average molecular weight is 478 g/mol. The molecular formula is C24H32FN3O4S. The van der Waals surface area contributed by atoms with Gasteiger partial charge in [-0.3, -0.25) is 4.79 Å². The van der Waals surface area contributed by atoms with E-state index in [2.05, 4.69) is 11.6 Å². The number of nitrogens with zero attached hydrogens (tertiary/aromatic N) is 3. The summed E-state index contributed by atoms with van der Waals surface area (Å²) in [5, 5.41) is -0.133. The fourth-order valence-corrected chi connectivity index (χ4v) is 5.44. The van der Waals surface area contributed by atoms with Gasteiger partial charge in [-0.2, -0.15) is 0 Å². The maximum Gasteiger partial charge on any atom is 0.228 e. The van der Waals surface area contributed by atoms with Gasteiger partial charge in [-0.1, -0.05) is 38.1 Å². The average Bonchev–Trinajstić information content (AvgIpc) is 3.40. The van der Waals surface area contributed by atoms with Gasteiger partial charge in [-0.05, 0) is 24.8 Å². The highest BCUT2D eigenvalue weighted by atomic mass is 32.2. The number of carbonyl (C=O) groups is 1. The third-order valence-corrected chi connectivity index (χ3v) is 7.10. The molecule has 1 aromatic carbocycles. The quantitative estimate of drug-likeness (QED) is 0.461. The molecule has 0 saturated carbocycles. The third kappa shape index (κ3) is 6.51. The lowest BCUT2D eigenvalue weighted by atomic mass is 10.1. The summed E-state index contributed by atoms with van der Waals surface area (Å²) in [4.78, 5) is 18.6. The number of carbonyl (C=O) groups excluding carboxylic acids is 1. The van der Waals surface area contributed by atoms with E-state index in [-0.39, 0.29) is 35.2 Å². The standard InChI is InChI=1S/C24H32FN3O4S/c1-4-11-27(23(29)13-18(2)3)15-20-14-26-24(28(20)16-21-9-7-12-32-21)33(30,31)17-19-8-5-6-10-22(19)25/h4-6,8,10,14,18,21H,1,7,9,11-13,15-17H2,2-3H3/t21-/m0/s1. The zero-order chi connectivity index (χ0) is 24.0. The maximum absolute atomic E-state index is 14.2. The lowest BCUT2D eigenvalue weighted by Gasteiger charge is -2.24. The number of hydrogen-bond acceptors (Lipinski definition) is 5. The molecule has 1 aromatic heterocycles. The summed E-state index contributed by atoms with van der Waals surface area (Å²) < 4.78 is 48.0. The normalized spacial score (nSPS) is 16.3. The highest BCUT2D eigenvalue weighted by Gasteiger charge is 2.29. The Morgan fingerprint density at radius 2 is 2.15 bits per heavy atom. The topological polar surface area (TPSA) is 81.5 Å². The van der Waals surface area contributed by atoms with Gasteiger partial charge in [0.05, 0.1) is 36.8 Å². The van der Waals surface area contributed by atoms with E-state index in [4.69, 9.17) is 4.74 Å². The molecule has 0 radical (unpaired) electrons. The van der Waals surface area contributed by atoms with Crippen LogP contribution in [0.15, 0.2) is 48.3 Å². The molecule has 180 valence electrons. The summed E-state index contributed by atoms with van der Waals surface area (Å²) in [5.41, 5.74) is 0.683. The zero-order valence-electron chi connectivity index (χ0n) is 19.2. The molecule has 2 aromatic rings. The number of benzene rings is 1. The number of halogens is 1. The van der Waals surface area contributed by atoms with Crippen molar-refractivity contribution in [1.29, 1.82) is 0 Å². The van der Waals surface area contributed by atoms with E-state index < -0.39 is 21.4 Å². The van der Waals surface area contributed by atoms with Gasteiger partial charge in [-0.15, -0.1) is 6.58 Å². The SMILES string of the molecule is C=CCN(Cc1cnc(S(=O)(=O)Cc2ccccc2F)n1C[C@@H]1CCCO1)C(=O)CC(C)C. The second kappa shape index (κ2) is 11.1. The number of sulfone groups is 1. The van der Waals surface area contributed by atoms with Gasteiger partial charge in [0, 0.05) is 25.1 Å². The molecule has 1 saturated heterocycles. The molecule has 2 heterocycles. The molecule has 0 aliphatic carbocycles. The number of ether oxygens (including phenoxy) is 1. The fourth-order valence-electron chi connectivity index (χ4n) is 3.92. The molecule has 0 bridgehead atoms. The van der Waals surface area contributed by atoms with Crippen molar-refractivity contribution in [2.24, 2.45) is 5.92 Å². The van der Waals surface area contributed by atoms with Crippen molar-refractivity contribution in [3.05, 3.63) is 60.2 Å². The zero-order valence-corrected chi connectivity index (χ0v) is 20.1. The summed E-state index contributed by atoms with van der Waals surface area (Å²) in [6, 6.07) is 5.82. The molecule has 1 amide bonds. The molecular weight excluding hydrogens is 445 g/mol. The Morgan fingerprint density at radius 1 is 1.39 bits per heavy atom. The molecule has 1 aliphatic heterocycles. The van der Waals surface area contributed by atoms with Gasteiger partial charge < -0.3 is 14.2 Å². The van der Waals surface area contributed by atoms with Gasteiger partial charge in [0.25, 0.3) is 0 Å². The van der Waals surface area contributed by atoms with Crippen molar-refractivity contribution < 1.29 is 22.3 Å². The molecule has 1 atom stereocenters. The predicted octanol–water partition coefficient (Wildman–Crippen LogP) is 3.74. The number of amides is 1. The van der Waals surface area contributed by atoms with Crippen molar-refractivity contribution in [1.82, 2.24) is 14.5 Å². The van der Waals surface area contributed by atoms with E-state index in [0.29, 0.717) is 31.8 Å². The van der Waals surface area contributed by atoms with Gasteiger partial charge in [0.15, 0.2) is 0 Å². The fraction of sp³-hybridized carbons (Fsp3) is 0.500. The van der Waals surface area contributed by atoms with Crippen LogP contribution in [0.4, 0.5) is 4.39 Å². The molecule has 9 heteroatoms. The lowest BCUT2D eigenvalue weighted by Crippen LogP contribution is -2.33. The smallest absolute Gasteiger partial charge is 0.228 e. The van der Waals surface area contributed by atoms with E-state index in [1.54, 1.807) is 21.6 Å². The van der Waals surface area contributed by atoms with Crippen molar-refractivity contribution in [2.75, 3.05) is 13.2 Å². The number of rotatable bonds is 11. The monoisotopic (exact) mass is 477 g/mol. The Morgan fingerprint density at radius 3 is 2.79 bits per heavy atom. The minimum atomic E-state index is -3.94. The highest BCUT2D eigenvalue weighted by molar-refractivity contribution is 7.90. The molecule has 33 heavy (non-hydrogen) atoms. The predicted molar refractivity (Wildman–Crippen MR) is 124 cm³/mol. The van der Waals surface area contributed by atoms with Gasteiger partial charge in [0.1, 0.15) is 5.82 Å². The number of hydrogen-bond donors (Lipinski definition) is 0. The number of imidazole rings is 1. The van der Waals surface area contributed by atoms with Crippen LogP contribution in [0.5, 0.6) is 0 Å². The van der Waals surface area contributed by atoms with Gasteiger partial charge in [-0.25, -0.2) is 17.8 Å². The van der Waals surface area contributed by atoms with Crippen molar-refractivity contribution in [3.8, 4) is 0 Å². The summed E-state index contributed by atoms with van der Waals surface area (Å²) in [6.45, 7) is 9.16. The van der Waals surface area contributed by atoms with Crippen LogP contribution in [0.2, 0.25) is 0 Å². The van der Waals surface area contributed by atoms with Crippen LogP contribution < -0.4 is 0 Å². The van der Waals surface area contributed by atoms with E-state index in [1.165, 1.54) is 24.4 Å². The molecule has 7 nitrogen and oxygen atoms in total. The van der Waals surface area contributed by atoms with Gasteiger partial charge in [0.2, 0.25) is 20.9 Å². The largest absolute Gasteiger partial charge is 0.376 e. The molecule has 1 aliphatic rings. The molecule has 0 unspecified atom stereocenters. The van der Waals surface area contributed by atoms with Crippen molar-refractivity contribution in [3.63, 3.8) is 0 Å². The molecule has 0 spiro atoms. The van der Waals surface area contributed by atoms with Crippen LogP contribution in [-0.2, 0) is 38.2 Å². The van der Waals surface area contributed by atoms with Crippen LogP contribution in [0.3, 0.4) is 0 Å². The van der Waals surface area contributed by atoms with Gasteiger partial charge >= 0.3 is 0 Å². The third-order valence-electron chi connectivity index (χ3n) is 5.53. The van der Waals surface area contributed by atoms with Crippen molar-refractivity contribution in [2.45, 2.75) is 63.2 Å². The second-order valence-corrected chi connectivity index (χ2v) is 10.7. The summed E-state index contributed by atoms with van der Waals surface area (Å²) >= 11 is 0. The van der Waals surface area contributed by atoms with E-state index in [9.17, 15) is 17.6 Å². The summed E-state index contributed by atoms with van der Waals surface area (Å²) in [7, 11) is -3.94. The van der Waals surface area contributed by atoms with E-state index >= 15 is 0 Å². The molecule has 3 rings (SSSR count). The minimum absolute atomic E-state index is 0.0365. The van der Waals surface area contributed by atoms with Crippen LogP contribution in [-0.4, -0.2) is 48.0 Å². The van der Waals surface area contributed by atoms with Crippen LogP contribution >= 0.6 is 0 Å². The summed E-state index contributed by atoms with van der Waals surface area (Å²) in [6.07, 6.45) is 5.09. The Bertz CT molecular complexity index is 1080. The van der Waals surface area contributed by atoms with E-state index in [0.717, 1.165) is 12.8 Å². The molecule has 1 fully saturated rings. The van der Waals surface area contributed by atoms with Crippen LogP contribution in [0.25, 0.3) is 0 Å². The second-order valence-electron chi connectivity index (χ2n) is 8.79. The Kier molecular flexibility index (Phi) is 8.42. The first-order valence-corrected chi connectivity index (χ1v) is 12.9. The van der Waals surface area contributed by atoms with E-state index in [1.807, 2.05) is 13.8 Å². The summed E-state index contributed by atoms with van der Waals surface area (Å²) in [5.74, 6) is -0.913. The van der Waals surface area contributed by atoms with Crippen LogP contribution in [0, 0.1) is 11.7 Å². The molecule has 0 N–H and O–H groups in total. The highest BCUT2D eigenvalue weighted by Crippen LogP contribution is 2.23. The number of aromatic nitrogens is 2. The Hall–Kier alpha value is -2.52. The maximum atomic E-state index is 14.2. The first-order valence-electron chi connectivity index (χ1n) is 11.2. The minimum Gasteiger partial charge on any atom is -0.376 e. The Balaban J connectivity index is 1.94. The van der Waals surface area contributed by atoms with Crippen LogP contribution in [0.1, 0.15) is 44.4 Å². The lowest BCUT2D eigenvalue weighted by molar-refractivity contribution is -0.132.